The largest absolute Gasteiger partial charge is 0.444 e. The second-order valence-electron chi connectivity index (χ2n) is 9.46. The van der Waals surface area contributed by atoms with Crippen LogP contribution >= 0.6 is 11.8 Å². The molecule has 0 bridgehead atoms. The third-order valence-corrected chi connectivity index (χ3v) is 6.79. The van der Waals surface area contributed by atoms with E-state index >= 15 is 0 Å². The highest BCUT2D eigenvalue weighted by molar-refractivity contribution is 7.99. The van der Waals surface area contributed by atoms with Gasteiger partial charge in [0.1, 0.15) is 5.60 Å². The van der Waals surface area contributed by atoms with E-state index in [1.165, 1.54) is 11.8 Å². The molecule has 34 heavy (non-hydrogen) atoms. The number of nitrogens with zero attached hydrogens (tertiary/aromatic N) is 4. The molecule has 0 aliphatic carbocycles. The summed E-state index contributed by atoms with van der Waals surface area (Å²) >= 11 is 1.52. The van der Waals surface area contributed by atoms with Crippen molar-refractivity contribution < 1.29 is 9.53 Å². The Labute approximate surface area is 203 Å². The van der Waals surface area contributed by atoms with Gasteiger partial charge in [-0.3, -0.25) is 9.36 Å². The van der Waals surface area contributed by atoms with E-state index in [9.17, 15) is 9.59 Å². The highest BCUT2D eigenvalue weighted by Gasteiger charge is 2.28. The summed E-state index contributed by atoms with van der Waals surface area (Å²) in [6.07, 6.45) is 1.64. The van der Waals surface area contributed by atoms with Crippen molar-refractivity contribution in [2.45, 2.75) is 44.4 Å². The monoisotopic (exact) mass is 476 g/mol. The van der Waals surface area contributed by atoms with Crippen LogP contribution in [-0.2, 0) is 4.74 Å². The third-order valence-electron chi connectivity index (χ3n) is 5.62. The highest BCUT2D eigenvalue weighted by atomic mass is 32.2. The number of rotatable bonds is 4. The number of ether oxygens (including phenoxy) is 1. The lowest BCUT2D eigenvalue weighted by Crippen LogP contribution is -2.43. The third kappa shape index (κ3) is 5.42. The zero-order valence-corrected chi connectivity index (χ0v) is 20.5. The van der Waals surface area contributed by atoms with E-state index in [2.05, 4.69) is 6.07 Å². The summed E-state index contributed by atoms with van der Waals surface area (Å²) in [6.45, 7) is 6.93. The number of amides is 1. The molecular weight excluding hydrogens is 448 g/mol. The number of piperidine rings is 1. The standard InChI is InChI=1S/C26H28N4O3S/c1-26(2,3)33-25(32)29-14-6-7-19(16-29)17-34-24-28-22-9-5-4-8-21(22)23(31)30(24)20-12-10-18(15-27)11-13-20/h4-5,8-13,19H,6-7,14,16-17H2,1-3H3. The van der Waals surface area contributed by atoms with Gasteiger partial charge in [0.2, 0.25) is 0 Å². The van der Waals surface area contributed by atoms with Crippen LogP contribution in [0, 0.1) is 17.2 Å². The van der Waals surface area contributed by atoms with Gasteiger partial charge in [0.15, 0.2) is 5.16 Å². The van der Waals surface area contributed by atoms with E-state index < -0.39 is 5.60 Å². The molecule has 3 aromatic rings. The molecule has 0 spiro atoms. The molecule has 0 radical (unpaired) electrons. The minimum absolute atomic E-state index is 0.142. The Hall–Kier alpha value is -3.31. The van der Waals surface area contributed by atoms with Crippen LogP contribution in [0.15, 0.2) is 58.5 Å². The number of para-hydroxylation sites is 1. The lowest BCUT2D eigenvalue weighted by molar-refractivity contribution is 0.0177. The molecule has 4 rings (SSSR count). The molecule has 0 N–H and O–H groups in total. The van der Waals surface area contributed by atoms with Crippen molar-refractivity contribution in [2.24, 2.45) is 5.92 Å². The first-order chi connectivity index (χ1) is 16.2. The average molecular weight is 477 g/mol. The van der Waals surface area contributed by atoms with E-state index in [0.717, 1.165) is 18.6 Å². The summed E-state index contributed by atoms with van der Waals surface area (Å²) in [5.74, 6) is 0.990. The predicted octanol–water partition coefficient (Wildman–Crippen LogP) is 5.00. The fraction of sp³-hybridized carbons (Fsp3) is 0.385. The van der Waals surface area contributed by atoms with Gasteiger partial charge in [0.05, 0.1) is 28.2 Å². The summed E-state index contributed by atoms with van der Waals surface area (Å²) in [4.78, 5) is 32.5. The summed E-state index contributed by atoms with van der Waals surface area (Å²) in [7, 11) is 0. The molecule has 1 aliphatic heterocycles. The quantitative estimate of drug-likeness (QED) is 0.389. The molecule has 1 amide bonds. The second kappa shape index (κ2) is 9.90. The Balaban J connectivity index is 1.59. The van der Waals surface area contributed by atoms with Crippen LogP contribution < -0.4 is 5.56 Å². The maximum Gasteiger partial charge on any atom is 0.410 e. The second-order valence-corrected chi connectivity index (χ2v) is 10.4. The number of aromatic nitrogens is 2. The summed E-state index contributed by atoms with van der Waals surface area (Å²) in [5.41, 5.74) is 1.19. The molecular formula is C26H28N4O3S. The maximum atomic E-state index is 13.4. The Morgan fingerprint density at radius 1 is 1.21 bits per heavy atom. The predicted molar refractivity (Wildman–Crippen MR) is 133 cm³/mol. The van der Waals surface area contributed by atoms with Crippen molar-refractivity contribution in [3.63, 3.8) is 0 Å². The Bertz CT molecular complexity index is 1290. The molecule has 1 aromatic heterocycles. The number of carbonyl (C=O) groups is 1. The molecule has 176 valence electrons. The Morgan fingerprint density at radius 2 is 1.94 bits per heavy atom. The summed E-state index contributed by atoms with van der Waals surface area (Å²) < 4.78 is 7.16. The van der Waals surface area contributed by atoms with Crippen LogP contribution in [-0.4, -0.2) is 45.0 Å². The van der Waals surface area contributed by atoms with Crippen LogP contribution in [0.5, 0.6) is 0 Å². The Kier molecular flexibility index (Phi) is 6.94. The van der Waals surface area contributed by atoms with E-state index in [1.807, 2.05) is 39.0 Å². The van der Waals surface area contributed by atoms with Gasteiger partial charge in [-0.25, -0.2) is 9.78 Å². The van der Waals surface area contributed by atoms with Crippen LogP contribution in [0.3, 0.4) is 0 Å². The van der Waals surface area contributed by atoms with Gasteiger partial charge in [-0.1, -0.05) is 23.9 Å². The fourth-order valence-electron chi connectivity index (χ4n) is 4.01. The topological polar surface area (TPSA) is 88.2 Å². The van der Waals surface area contributed by atoms with Gasteiger partial charge in [0, 0.05) is 18.8 Å². The lowest BCUT2D eigenvalue weighted by atomic mass is 10.0. The molecule has 1 fully saturated rings. The van der Waals surface area contributed by atoms with E-state index in [-0.39, 0.29) is 17.6 Å². The van der Waals surface area contributed by atoms with Crippen molar-refractivity contribution in [1.29, 1.82) is 5.26 Å². The van der Waals surface area contributed by atoms with E-state index in [4.69, 9.17) is 15.0 Å². The van der Waals surface area contributed by atoms with Crippen LogP contribution in [0.25, 0.3) is 16.6 Å². The first-order valence-electron chi connectivity index (χ1n) is 11.4. The van der Waals surface area contributed by atoms with Crippen molar-refractivity contribution in [3.8, 4) is 11.8 Å². The summed E-state index contributed by atoms with van der Waals surface area (Å²) in [6, 6.07) is 16.4. The van der Waals surface area contributed by atoms with Gasteiger partial charge in [-0.15, -0.1) is 0 Å². The molecule has 1 saturated heterocycles. The van der Waals surface area contributed by atoms with Gasteiger partial charge in [-0.2, -0.15) is 5.26 Å². The number of likely N-dealkylation sites (tertiary alicyclic amines) is 1. The minimum Gasteiger partial charge on any atom is -0.444 e. The lowest BCUT2D eigenvalue weighted by Gasteiger charge is -2.34. The average Bonchev–Trinajstić information content (AvgIpc) is 2.82. The molecule has 2 heterocycles. The maximum absolute atomic E-state index is 13.4. The van der Waals surface area contributed by atoms with Crippen molar-refractivity contribution in [3.05, 3.63) is 64.4 Å². The van der Waals surface area contributed by atoms with Crippen LogP contribution in [0.2, 0.25) is 0 Å². The smallest absolute Gasteiger partial charge is 0.410 e. The number of benzene rings is 2. The van der Waals surface area contributed by atoms with Crippen molar-refractivity contribution in [2.75, 3.05) is 18.8 Å². The molecule has 1 atom stereocenters. The molecule has 0 saturated carbocycles. The highest BCUT2D eigenvalue weighted by Crippen LogP contribution is 2.28. The number of fused-ring (bicyclic) bond motifs is 1. The minimum atomic E-state index is -0.523. The van der Waals surface area contributed by atoms with Crippen molar-refractivity contribution >= 4 is 28.8 Å². The Morgan fingerprint density at radius 3 is 2.65 bits per heavy atom. The molecule has 7 nitrogen and oxygen atoms in total. The first kappa shape index (κ1) is 23.8. The van der Waals surface area contributed by atoms with Gasteiger partial charge in [0.25, 0.3) is 5.56 Å². The molecule has 8 heteroatoms. The van der Waals surface area contributed by atoms with Gasteiger partial charge < -0.3 is 9.64 Å². The normalized spacial score (nSPS) is 16.3. The summed E-state index contributed by atoms with van der Waals surface area (Å²) in [5, 5.41) is 10.3. The zero-order chi connectivity index (χ0) is 24.3. The van der Waals surface area contributed by atoms with Crippen LogP contribution in [0.4, 0.5) is 4.79 Å². The van der Waals surface area contributed by atoms with Gasteiger partial charge >= 0.3 is 6.09 Å². The number of carbonyl (C=O) groups excluding carboxylic acids is 1. The number of thioether (sulfide) groups is 1. The van der Waals surface area contributed by atoms with Crippen LogP contribution in [0.1, 0.15) is 39.2 Å². The molecule has 1 unspecified atom stereocenters. The number of hydrogen-bond acceptors (Lipinski definition) is 6. The number of nitriles is 1. The number of hydrogen-bond donors (Lipinski definition) is 0. The van der Waals surface area contributed by atoms with E-state index in [0.29, 0.717) is 40.4 Å². The SMILES string of the molecule is CC(C)(C)OC(=O)N1CCCC(CSc2nc3ccccc3c(=O)n2-c2ccc(C#N)cc2)C1. The fourth-order valence-corrected chi connectivity index (χ4v) is 5.14. The van der Waals surface area contributed by atoms with Gasteiger partial charge in [-0.05, 0) is 75.9 Å². The first-order valence-corrected chi connectivity index (χ1v) is 12.4. The van der Waals surface area contributed by atoms with Crippen molar-refractivity contribution in [1.82, 2.24) is 14.5 Å². The molecule has 2 aromatic carbocycles. The van der Waals surface area contributed by atoms with E-state index in [1.54, 1.807) is 39.8 Å². The zero-order valence-electron chi connectivity index (χ0n) is 19.7. The molecule has 1 aliphatic rings.